The van der Waals surface area contributed by atoms with Crippen molar-refractivity contribution in [3.05, 3.63) is 42.0 Å². The van der Waals surface area contributed by atoms with E-state index in [1.165, 1.54) is 6.07 Å². The van der Waals surface area contributed by atoms with E-state index in [0.29, 0.717) is 0 Å². The number of imide groups is 1. The number of hydrogen-bond donors (Lipinski definition) is 1. The quantitative estimate of drug-likeness (QED) is 0.655. The number of aliphatic hydroxyl groups is 1. The maximum atomic E-state index is 12.9. The number of anilines is 1. The molecule has 1 N–H and O–H groups in total. The van der Waals surface area contributed by atoms with Crippen LogP contribution in [0.15, 0.2) is 36.4 Å². The van der Waals surface area contributed by atoms with E-state index >= 15 is 0 Å². The van der Waals surface area contributed by atoms with Gasteiger partial charge in [0.15, 0.2) is 0 Å². The van der Waals surface area contributed by atoms with E-state index in [1.54, 1.807) is 12.2 Å². The van der Waals surface area contributed by atoms with Gasteiger partial charge in [0.05, 0.1) is 35.8 Å². The molecule has 4 rings (SSSR count). The number of aliphatic hydroxyl groups excluding tert-OH is 1. The molecule has 4 atom stereocenters. The van der Waals surface area contributed by atoms with Crippen LogP contribution in [0.1, 0.15) is 5.56 Å². The summed E-state index contributed by atoms with van der Waals surface area (Å²) >= 11 is 0. The topological polar surface area (TPSA) is 66.8 Å². The maximum Gasteiger partial charge on any atom is 0.416 e. The predicted octanol–water partition coefficient (Wildman–Crippen LogP) is 1.51. The third-order valence-electron chi connectivity index (χ3n) is 4.83. The van der Waals surface area contributed by atoms with E-state index in [9.17, 15) is 27.9 Å². The Morgan fingerprint density at radius 3 is 2.67 bits per heavy atom. The van der Waals surface area contributed by atoms with Crippen molar-refractivity contribution in [3.8, 4) is 0 Å². The van der Waals surface area contributed by atoms with Crippen molar-refractivity contribution >= 4 is 17.5 Å². The summed E-state index contributed by atoms with van der Waals surface area (Å²) in [5, 5.41) is 9.59. The molecular weight excluding hydrogens is 327 g/mol. The van der Waals surface area contributed by atoms with Crippen molar-refractivity contribution in [2.45, 2.75) is 17.9 Å². The number of carbonyl (C=O) groups excluding carboxylic acids is 2. The van der Waals surface area contributed by atoms with E-state index in [1.807, 2.05) is 0 Å². The summed E-state index contributed by atoms with van der Waals surface area (Å²) in [6.45, 7) is -0.476. The van der Waals surface area contributed by atoms with Gasteiger partial charge in [0, 0.05) is 0 Å². The number of ether oxygens (including phenoxy) is 1. The van der Waals surface area contributed by atoms with Crippen LogP contribution in [0.4, 0.5) is 18.9 Å². The van der Waals surface area contributed by atoms with E-state index < -0.39 is 53.7 Å². The van der Waals surface area contributed by atoms with Gasteiger partial charge in [0.2, 0.25) is 11.8 Å². The van der Waals surface area contributed by atoms with Crippen LogP contribution in [0.5, 0.6) is 0 Å². The number of rotatable bonds is 2. The lowest BCUT2D eigenvalue weighted by Crippen LogP contribution is -2.43. The molecule has 0 aliphatic carbocycles. The fourth-order valence-electron chi connectivity index (χ4n) is 3.76. The average molecular weight is 339 g/mol. The van der Waals surface area contributed by atoms with Crippen LogP contribution in [0.25, 0.3) is 0 Å². The molecule has 2 fully saturated rings. The summed E-state index contributed by atoms with van der Waals surface area (Å²) in [6.07, 6.45) is -2.06. The van der Waals surface area contributed by atoms with Crippen LogP contribution < -0.4 is 4.90 Å². The fourth-order valence-corrected chi connectivity index (χ4v) is 3.76. The van der Waals surface area contributed by atoms with Crippen LogP contribution >= 0.6 is 0 Å². The molecule has 0 aromatic heterocycles. The smallest absolute Gasteiger partial charge is 0.393 e. The molecule has 0 saturated carbocycles. The summed E-state index contributed by atoms with van der Waals surface area (Å²) in [7, 11) is 0. The minimum absolute atomic E-state index is 0.123. The number of carbonyl (C=O) groups is 2. The molecular formula is C16H12F3NO4. The molecule has 2 saturated heterocycles. The number of benzene rings is 1. The van der Waals surface area contributed by atoms with E-state index in [4.69, 9.17) is 4.74 Å². The van der Waals surface area contributed by atoms with Gasteiger partial charge in [0.25, 0.3) is 0 Å². The van der Waals surface area contributed by atoms with Crippen LogP contribution in [0, 0.1) is 11.8 Å². The zero-order valence-corrected chi connectivity index (χ0v) is 12.2. The third kappa shape index (κ3) is 1.83. The zero-order valence-electron chi connectivity index (χ0n) is 12.2. The van der Waals surface area contributed by atoms with Gasteiger partial charge in [-0.15, -0.1) is 0 Å². The predicted molar refractivity (Wildman–Crippen MR) is 74.7 cm³/mol. The molecule has 2 amide bonds. The molecule has 1 aromatic carbocycles. The molecule has 24 heavy (non-hydrogen) atoms. The Labute approximate surface area is 134 Å². The minimum atomic E-state index is -4.58. The highest BCUT2D eigenvalue weighted by Crippen LogP contribution is 2.52. The first-order chi connectivity index (χ1) is 11.3. The highest BCUT2D eigenvalue weighted by molar-refractivity contribution is 6.23. The molecule has 3 heterocycles. The van der Waals surface area contributed by atoms with Gasteiger partial charge in [-0.2, -0.15) is 13.2 Å². The first kappa shape index (κ1) is 15.3. The highest BCUT2D eigenvalue weighted by atomic mass is 19.4. The van der Waals surface area contributed by atoms with Crippen LogP contribution in [-0.4, -0.2) is 35.2 Å². The van der Waals surface area contributed by atoms with Crippen LogP contribution in [0.2, 0.25) is 0 Å². The second-order valence-electron chi connectivity index (χ2n) is 6.12. The fraction of sp³-hybridized carbons (Fsp3) is 0.375. The molecule has 0 radical (unpaired) electrons. The molecule has 3 aliphatic heterocycles. The molecule has 2 bridgehead atoms. The number of amides is 2. The SMILES string of the molecule is O=C1[C@H]2[C@@H](C(=O)N1c1cccc(C(F)(F)F)c1)[C@]1(CO)C=C[C@H]2O1. The minimum Gasteiger partial charge on any atom is -0.393 e. The Balaban J connectivity index is 1.75. The Kier molecular flexibility index (Phi) is 2.99. The second-order valence-corrected chi connectivity index (χ2v) is 6.12. The van der Waals surface area contributed by atoms with Gasteiger partial charge in [-0.05, 0) is 18.2 Å². The Morgan fingerprint density at radius 2 is 2.00 bits per heavy atom. The normalized spacial score (nSPS) is 34.3. The van der Waals surface area contributed by atoms with E-state index in [2.05, 4.69) is 0 Å². The van der Waals surface area contributed by atoms with Gasteiger partial charge >= 0.3 is 6.18 Å². The van der Waals surface area contributed by atoms with Gasteiger partial charge in [-0.25, -0.2) is 4.90 Å². The number of alkyl halides is 3. The summed E-state index contributed by atoms with van der Waals surface area (Å²) < 4.78 is 44.2. The van der Waals surface area contributed by atoms with Gasteiger partial charge in [-0.3, -0.25) is 9.59 Å². The Hall–Kier alpha value is -2.19. The number of hydrogen-bond acceptors (Lipinski definition) is 4. The van der Waals surface area contributed by atoms with Gasteiger partial charge < -0.3 is 9.84 Å². The monoisotopic (exact) mass is 339 g/mol. The number of halogens is 3. The summed E-state index contributed by atoms with van der Waals surface area (Å²) in [5.74, 6) is -2.98. The molecule has 8 heteroatoms. The van der Waals surface area contributed by atoms with Crippen molar-refractivity contribution in [2.24, 2.45) is 11.8 Å². The van der Waals surface area contributed by atoms with Crippen molar-refractivity contribution in [2.75, 3.05) is 11.5 Å². The average Bonchev–Trinajstić information content (AvgIpc) is 3.18. The van der Waals surface area contributed by atoms with Crippen molar-refractivity contribution in [1.82, 2.24) is 0 Å². The zero-order chi connectivity index (χ0) is 17.3. The summed E-state index contributed by atoms with van der Waals surface area (Å²) in [5.41, 5.74) is -2.33. The number of fused-ring (bicyclic) bond motifs is 5. The summed E-state index contributed by atoms with van der Waals surface area (Å²) in [4.78, 5) is 26.1. The second kappa shape index (κ2) is 4.67. The van der Waals surface area contributed by atoms with Crippen LogP contribution in [0.3, 0.4) is 0 Å². The van der Waals surface area contributed by atoms with Crippen LogP contribution in [-0.2, 0) is 20.5 Å². The number of nitrogens with zero attached hydrogens (tertiary/aromatic N) is 1. The first-order valence-corrected chi connectivity index (χ1v) is 7.32. The standard InChI is InChI=1S/C16H12F3NO4/c17-16(18,19)8-2-1-3-9(6-8)20-13(22)11-10-4-5-15(7-21,24-10)12(11)14(20)23/h1-6,10-12,21H,7H2/t10-,11-,12+,15-/m1/s1. The maximum absolute atomic E-state index is 12.9. The van der Waals surface area contributed by atoms with E-state index in [-0.39, 0.29) is 5.69 Å². The molecule has 0 spiro atoms. The van der Waals surface area contributed by atoms with E-state index in [0.717, 1.165) is 23.1 Å². The van der Waals surface area contributed by atoms with Crippen molar-refractivity contribution in [3.63, 3.8) is 0 Å². The third-order valence-corrected chi connectivity index (χ3v) is 4.83. The Morgan fingerprint density at radius 1 is 1.25 bits per heavy atom. The van der Waals surface area contributed by atoms with Gasteiger partial charge in [0.1, 0.15) is 5.60 Å². The lowest BCUT2D eigenvalue weighted by molar-refractivity contribution is -0.138. The lowest BCUT2D eigenvalue weighted by atomic mass is 9.77. The molecule has 5 nitrogen and oxygen atoms in total. The van der Waals surface area contributed by atoms with Crippen molar-refractivity contribution in [1.29, 1.82) is 0 Å². The largest absolute Gasteiger partial charge is 0.416 e. The molecule has 0 unspecified atom stereocenters. The highest BCUT2D eigenvalue weighted by Gasteiger charge is 2.67. The first-order valence-electron chi connectivity index (χ1n) is 7.32. The Bertz CT molecular complexity index is 775. The molecule has 3 aliphatic rings. The molecule has 1 aromatic rings. The lowest BCUT2D eigenvalue weighted by Gasteiger charge is -2.26. The van der Waals surface area contributed by atoms with Crippen molar-refractivity contribution < 1.29 is 32.6 Å². The molecule has 126 valence electrons. The van der Waals surface area contributed by atoms with Gasteiger partial charge in [-0.1, -0.05) is 18.2 Å². The summed E-state index contributed by atoms with van der Waals surface area (Å²) in [6, 6.07) is 4.09.